The quantitative estimate of drug-likeness (QED) is 0.315. The third kappa shape index (κ3) is 5.81. The van der Waals surface area contributed by atoms with Crippen molar-refractivity contribution in [2.45, 2.75) is 26.3 Å². The van der Waals surface area contributed by atoms with E-state index >= 15 is 0 Å². The molecule has 37 heavy (non-hydrogen) atoms. The van der Waals surface area contributed by atoms with Crippen LogP contribution in [0.1, 0.15) is 36.1 Å². The number of Topliss-reactive ketones (excluding diaryl/α,β-unsaturated/α-hetero) is 1. The number of ether oxygens (including phenoxy) is 2. The Morgan fingerprint density at radius 3 is 2.41 bits per heavy atom. The maximum atomic E-state index is 13.4. The molecule has 2 saturated heterocycles. The van der Waals surface area contributed by atoms with Crippen molar-refractivity contribution in [3.8, 4) is 5.75 Å². The van der Waals surface area contributed by atoms with Gasteiger partial charge in [-0.2, -0.15) is 0 Å². The maximum absolute atomic E-state index is 13.4. The number of anilines is 1. The van der Waals surface area contributed by atoms with Crippen molar-refractivity contribution in [3.05, 3.63) is 64.7 Å². The third-order valence-corrected chi connectivity index (χ3v) is 6.94. The Morgan fingerprint density at radius 2 is 1.78 bits per heavy atom. The van der Waals surface area contributed by atoms with Crippen LogP contribution in [0.25, 0.3) is 5.76 Å². The molecule has 0 saturated carbocycles. The lowest BCUT2D eigenvalue weighted by Crippen LogP contribution is -2.42. The van der Waals surface area contributed by atoms with E-state index in [1.165, 1.54) is 0 Å². The van der Waals surface area contributed by atoms with Gasteiger partial charge in [0.15, 0.2) is 0 Å². The zero-order valence-electron chi connectivity index (χ0n) is 22.2. The zero-order chi connectivity index (χ0) is 26.5. The van der Waals surface area contributed by atoms with E-state index < -0.39 is 17.7 Å². The smallest absolute Gasteiger partial charge is 0.295 e. The van der Waals surface area contributed by atoms with Crippen LogP contribution < -0.4 is 9.64 Å². The SMILES string of the molecule is CCCOc1ccc(C(O)=C2C(=O)C(=O)N(CCN3CCOCC3)[C@@H]2c2ccc(N(C)C)cc2)cc1C. The van der Waals surface area contributed by atoms with Crippen molar-refractivity contribution in [1.29, 1.82) is 0 Å². The molecule has 8 nitrogen and oxygen atoms in total. The Kier molecular flexibility index (Phi) is 8.51. The average molecular weight is 508 g/mol. The molecule has 0 aliphatic carbocycles. The van der Waals surface area contributed by atoms with Gasteiger partial charge in [-0.05, 0) is 54.8 Å². The number of ketones is 1. The van der Waals surface area contributed by atoms with Crippen molar-refractivity contribution in [1.82, 2.24) is 9.80 Å². The van der Waals surface area contributed by atoms with Crippen molar-refractivity contribution in [2.75, 3.05) is 65.0 Å². The van der Waals surface area contributed by atoms with E-state index in [-0.39, 0.29) is 11.3 Å². The second-order valence-electron chi connectivity index (χ2n) is 9.76. The summed E-state index contributed by atoms with van der Waals surface area (Å²) in [5.74, 6) is -0.680. The molecule has 0 unspecified atom stereocenters. The molecule has 2 heterocycles. The highest BCUT2D eigenvalue weighted by Crippen LogP contribution is 2.40. The van der Waals surface area contributed by atoms with Crippen molar-refractivity contribution >= 4 is 23.1 Å². The topological polar surface area (TPSA) is 82.5 Å². The van der Waals surface area contributed by atoms with E-state index in [1.54, 1.807) is 23.1 Å². The molecule has 2 aromatic rings. The highest BCUT2D eigenvalue weighted by atomic mass is 16.5. The molecule has 2 fully saturated rings. The zero-order valence-corrected chi connectivity index (χ0v) is 22.2. The Morgan fingerprint density at radius 1 is 1.08 bits per heavy atom. The fourth-order valence-corrected chi connectivity index (χ4v) is 4.81. The summed E-state index contributed by atoms with van der Waals surface area (Å²) in [6.07, 6.45) is 0.891. The first-order valence-corrected chi connectivity index (χ1v) is 12.9. The highest BCUT2D eigenvalue weighted by molar-refractivity contribution is 6.46. The number of hydrogen-bond acceptors (Lipinski definition) is 7. The summed E-state index contributed by atoms with van der Waals surface area (Å²) in [6, 6.07) is 12.4. The molecule has 2 aliphatic heterocycles. The fourth-order valence-electron chi connectivity index (χ4n) is 4.81. The molecule has 1 N–H and O–H groups in total. The molecular weight excluding hydrogens is 470 g/mol. The summed E-state index contributed by atoms with van der Waals surface area (Å²) in [6.45, 7) is 8.45. The van der Waals surface area contributed by atoms with Crippen molar-refractivity contribution in [2.24, 2.45) is 0 Å². The summed E-state index contributed by atoms with van der Waals surface area (Å²) in [4.78, 5) is 32.5. The molecule has 8 heteroatoms. The first-order valence-electron chi connectivity index (χ1n) is 12.9. The number of likely N-dealkylation sites (tertiary alicyclic amines) is 1. The molecule has 0 aromatic heterocycles. The van der Waals surface area contributed by atoms with E-state index in [0.29, 0.717) is 38.5 Å². The first-order chi connectivity index (χ1) is 17.8. The molecular formula is C29H37N3O5. The van der Waals surface area contributed by atoms with E-state index in [1.807, 2.05) is 57.1 Å². The Balaban J connectivity index is 1.72. The Bertz CT molecular complexity index is 1150. The largest absolute Gasteiger partial charge is 0.507 e. The minimum Gasteiger partial charge on any atom is -0.507 e. The standard InChI is InChI=1S/C29H37N3O5/c1-5-16-37-24-11-8-22(19-20(24)2)27(33)25-26(21-6-9-23(10-7-21)30(3)4)32(29(35)28(25)34)13-12-31-14-17-36-18-15-31/h6-11,19,26,33H,5,12-18H2,1-4H3/t26-/m1/s1. The lowest BCUT2D eigenvalue weighted by molar-refractivity contribution is -0.140. The van der Waals surface area contributed by atoms with E-state index in [0.717, 1.165) is 42.1 Å². The summed E-state index contributed by atoms with van der Waals surface area (Å²) < 4.78 is 11.2. The van der Waals surface area contributed by atoms with Gasteiger partial charge >= 0.3 is 0 Å². The van der Waals surface area contributed by atoms with Crippen molar-refractivity contribution in [3.63, 3.8) is 0 Å². The number of aryl methyl sites for hydroxylation is 1. The number of carbonyl (C=O) groups is 2. The second kappa shape index (κ2) is 11.8. The minimum absolute atomic E-state index is 0.117. The molecule has 0 radical (unpaired) electrons. The van der Waals surface area contributed by atoms with Crippen LogP contribution in [-0.2, 0) is 14.3 Å². The van der Waals surface area contributed by atoms with Crippen LogP contribution in [0.2, 0.25) is 0 Å². The maximum Gasteiger partial charge on any atom is 0.295 e. The molecule has 198 valence electrons. The lowest BCUT2D eigenvalue weighted by Gasteiger charge is -2.31. The fraction of sp³-hybridized carbons (Fsp3) is 0.448. The van der Waals surface area contributed by atoms with E-state index in [9.17, 15) is 14.7 Å². The van der Waals surface area contributed by atoms with Crippen LogP contribution in [-0.4, -0.2) is 86.7 Å². The lowest BCUT2D eigenvalue weighted by atomic mass is 9.94. The minimum atomic E-state index is -0.673. The van der Waals surface area contributed by atoms with E-state index in [4.69, 9.17) is 9.47 Å². The van der Waals surface area contributed by atoms with Crippen LogP contribution in [0.3, 0.4) is 0 Å². The van der Waals surface area contributed by atoms with Gasteiger partial charge in [0.2, 0.25) is 0 Å². The number of benzene rings is 2. The number of nitrogens with zero attached hydrogens (tertiary/aromatic N) is 3. The van der Waals surface area contributed by atoms with Crippen LogP contribution >= 0.6 is 0 Å². The van der Waals surface area contributed by atoms with Gasteiger partial charge in [0, 0.05) is 51.5 Å². The van der Waals surface area contributed by atoms with Gasteiger partial charge in [-0.15, -0.1) is 0 Å². The summed E-state index contributed by atoms with van der Waals surface area (Å²) in [7, 11) is 3.92. The van der Waals surface area contributed by atoms with Gasteiger partial charge in [-0.25, -0.2) is 0 Å². The van der Waals surface area contributed by atoms with Gasteiger partial charge in [0.25, 0.3) is 11.7 Å². The molecule has 4 rings (SSSR count). The highest BCUT2D eigenvalue weighted by Gasteiger charge is 2.46. The van der Waals surface area contributed by atoms with Gasteiger partial charge in [0.05, 0.1) is 31.4 Å². The van der Waals surface area contributed by atoms with Crippen LogP contribution in [0.15, 0.2) is 48.0 Å². The molecule has 1 atom stereocenters. The molecule has 0 bridgehead atoms. The number of amides is 1. The number of aliphatic hydroxyl groups is 1. The number of hydrogen-bond donors (Lipinski definition) is 1. The first kappa shape index (κ1) is 26.7. The molecule has 2 aromatic carbocycles. The third-order valence-electron chi connectivity index (χ3n) is 6.94. The molecule has 1 amide bonds. The summed E-state index contributed by atoms with van der Waals surface area (Å²) in [5, 5.41) is 11.4. The van der Waals surface area contributed by atoms with Gasteiger partial charge in [-0.1, -0.05) is 19.1 Å². The van der Waals surface area contributed by atoms with Gasteiger partial charge < -0.3 is 24.4 Å². The summed E-state index contributed by atoms with van der Waals surface area (Å²) >= 11 is 0. The molecule has 0 spiro atoms. The predicted octanol–water partition coefficient (Wildman–Crippen LogP) is 3.60. The normalized spacial score (nSPS) is 19.9. The van der Waals surface area contributed by atoms with Crippen LogP contribution in [0, 0.1) is 6.92 Å². The van der Waals surface area contributed by atoms with Gasteiger partial charge in [0.1, 0.15) is 11.5 Å². The monoisotopic (exact) mass is 507 g/mol. The van der Waals surface area contributed by atoms with E-state index in [2.05, 4.69) is 4.90 Å². The number of carbonyl (C=O) groups excluding carboxylic acids is 2. The average Bonchev–Trinajstić information content (AvgIpc) is 3.16. The number of aliphatic hydroxyl groups excluding tert-OH is 1. The predicted molar refractivity (Wildman–Crippen MR) is 144 cm³/mol. The second-order valence-corrected chi connectivity index (χ2v) is 9.76. The number of rotatable bonds is 9. The van der Waals surface area contributed by atoms with Crippen LogP contribution in [0.5, 0.6) is 5.75 Å². The molecule has 2 aliphatic rings. The Labute approximate surface area is 219 Å². The van der Waals surface area contributed by atoms with Gasteiger partial charge in [-0.3, -0.25) is 14.5 Å². The Hall–Kier alpha value is -3.36. The van der Waals surface area contributed by atoms with Crippen LogP contribution in [0.4, 0.5) is 5.69 Å². The summed E-state index contributed by atoms with van der Waals surface area (Å²) in [5.41, 5.74) is 3.25. The number of morpholine rings is 1. The van der Waals surface area contributed by atoms with Crippen molar-refractivity contribution < 1.29 is 24.2 Å².